The Kier molecular flexibility index (Phi) is 4.41. The van der Waals surface area contributed by atoms with Crippen LogP contribution in [-0.4, -0.2) is 9.97 Å². The lowest BCUT2D eigenvalue weighted by Gasteiger charge is -2.05. The first-order valence-electron chi connectivity index (χ1n) is 6.27. The van der Waals surface area contributed by atoms with Crippen molar-refractivity contribution in [2.24, 2.45) is 0 Å². The van der Waals surface area contributed by atoms with Crippen molar-refractivity contribution in [3.05, 3.63) is 60.4 Å². The minimum absolute atomic E-state index is 0.559. The summed E-state index contributed by atoms with van der Waals surface area (Å²) in [5.74, 6) is 0.674. The lowest BCUT2D eigenvalue weighted by Crippen LogP contribution is -1.99. The zero-order valence-corrected chi connectivity index (χ0v) is 10.7. The molecule has 0 aliphatic heterocycles. The van der Waals surface area contributed by atoms with Gasteiger partial charge in [0.15, 0.2) is 5.82 Å². The van der Waals surface area contributed by atoms with Gasteiger partial charge in [-0.25, -0.2) is 9.97 Å². The van der Waals surface area contributed by atoms with Gasteiger partial charge in [-0.05, 0) is 19.3 Å². The molecule has 2 aromatic rings. The first kappa shape index (κ1) is 13.0. The smallest absolute Gasteiger partial charge is 0.159 e. The van der Waals surface area contributed by atoms with Gasteiger partial charge in [-0.3, -0.25) is 0 Å². The lowest BCUT2D eigenvalue weighted by atomic mass is 10.1. The summed E-state index contributed by atoms with van der Waals surface area (Å²) >= 11 is 0. The first-order chi connectivity index (χ1) is 9.35. The highest BCUT2D eigenvalue weighted by molar-refractivity contribution is 5.55. The zero-order chi connectivity index (χ0) is 13.5. The fourth-order valence-corrected chi connectivity index (χ4v) is 1.84. The molecule has 0 saturated heterocycles. The second-order valence-corrected chi connectivity index (χ2v) is 4.21. The third-order valence-corrected chi connectivity index (χ3v) is 2.84. The lowest BCUT2D eigenvalue weighted by molar-refractivity contribution is 0.812. The quantitative estimate of drug-likeness (QED) is 0.601. The molecule has 1 heterocycles. The van der Waals surface area contributed by atoms with Crippen LogP contribution in [0.25, 0.3) is 11.4 Å². The Morgan fingerprint density at radius 1 is 1.26 bits per heavy atom. The van der Waals surface area contributed by atoms with Gasteiger partial charge in [0.25, 0.3) is 0 Å². The molecule has 0 amide bonds. The largest absolute Gasteiger partial charge is 0.235 e. The van der Waals surface area contributed by atoms with Gasteiger partial charge < -0.3 is 0 Å². The number of aromatic nitrogens is 2. The van der Waals surface area contributed by atoms with Gasteiger partial charge in [-0.15, -0.1) is 6.58 Å². The van der Waals surface area contributed by atoms with Gasteiger partial charge in [0.05, 0.1) is 11.3 Å². The summed E-state index contributed by atoms with van der Waals surface area (Å²) in [5.41, 5.74) is 2.35. The second kappa shape index (κ2) is 6.46. The maximum atomic E-state index is 9.09. The van der Waals surface area contributed by atoms with Crippen molar-refractivity contribution >= 4 is 0 Å². The minimum Gasteiger partial charge on any atom is -0.235 e. The molecule has 0 bridgehead atoms. The van der Waals surface area contributed by atoms with E-state index in [9.17, 15) is 0 Å². The van der Waals surface area contributed by atoms with Gasteiger partial charge in [0.2, 0.25) is 0 Å². The van der Waals surface area contributed by atoms with E-state index in [2.05, 4.69) is 22.6 Å². The average Bonchev–Trinajstić information content (AvgIpc) is 2.48. The fraction of sp³-hybridized carbons (Fsp3) is 0.188. The van der Waals surface area contributed by atoms with Crippen LogP contribution in [0.5, 0.6) is 0 Å². The number of aryl methyl sites for hydroxylation is 1. The molecule has 0 spiro atoms. The molecule has 2 rings (SSSR count). The highest BCUT2D eigenvalue weighted by Gasteiger charge is 2.07. The van der Waals surface area contributed by atoms with E-state index < -0.39 is 0 Å². The monoisotopic (exact) mass is 249 g/mol. The van der Waals surface area contributed by atoms with E-state index in [1.807, 2.05) is 36.4 Å². The number of allylic oxidation sites excluding steroid dienone is 1. The van der Waals surface area contributed by atoms with E-state index in [1.54, 1.807) is 6.20 Å². The molecule has 3 nitrogen and oxygen atoms in total. The maximum Gasteiger partial charge on any atom is 0.159 e. The van der Waals surface area contributed by atoms with Crippen LogP contribution in [0.4, 0.5) is 0 Å². The van der Waals surface area contributed by atoms with Crippen molar-refractivity contribution in [2.45, 2.75) is 19.3 Å². The van der Waals surface area contributed by atoms with Crippen LogP contribution in [0.15, 0.2) is 49.2 Å². The molecule has 0 atom stereocenters. The molecule has 3 heteroatoms. The first-order valence-corrected chi connectivity index (χ1v) is 6.27. The van der Waals surface area contributed by atoms with E-state index in [1.165, 1.54) is 0 Å². The van der Waals surface area contributed by atoms with Crippen LogP contribution < -0.4 is 0 Å². The second-order valence-electron chi connectivity index (χ2n) is 4.21. The van der Waals surface area contributed by atoms with Crippen molar-refractivity contribution in [1.29, 1.82) is 5.26 Å². The van der Waals surface area contributed by atoms with Crippen molar-refractivity contribution < 1.29 is 0 Å². The molecular weight excluding hydrogens is 234 g/mol. The summed E-state index contributed by atoms with van der Waals surface area (Å²) < 4.78 is 0. The number of nitrogens with zero attached hydrogens (tertiary/aromatic N) is 3. The summed E-state index contributed by atoms with van der Waals surface area (Å²) in [7, 11) is 0. The van der Waals surface area contributed by atoms with Crippen molar-refractivity contribution in [3.8, 4) is 17.5 Å². The highest BCUT2D eigenvalue weighted by Crippen LogP contribution is 2.17. The molecular formula is C16H15N3. The van der Waals surface area contributed by atoms with E-state index in [-0.39, 0.29) is 0 Å². The molecule has 0 fully saturated rings. The number of rotatable bonds is 5. The van der Waals surface area contributed by atoms with Crippen molar-refractivity contribution in [3.63, 3.8) is 0 Å². The number of hydrogen-bond donors (Lipinski definition) is 0. The van der Waals surface area contributed by atoms with Crippen LogP contribution in [0, 0.1) is 11.3 Å². The van der Waals surface area contributed by atoms with Gasteiger partial charge in [-0.2, -0.15) is 5.26 Å². The van der Waals surface area contributed by atoms with Crippen LogP contribution in [0.1, 0.15) is 24.1 Å². The number of hydrogen-bond acceptors (Lipinski definition) is 3. The Balaban J connectivity index is 2.30. The molecule has 0 aliphatic carbocycles. The minimum atomic E-state index is 0.559. The van der Waals surface area contributed by atoms with Crippen LogP contribution in [0.3, 0.4) is 0 Å². The van der Waals surface area contributed by atoms with Gasteiger partial charge in [0.1, 0.15) is 6.07 Å². The summed E-state index contributed by atoms with van der Waals surface area (Å²) in [6.45, 7) is 3.70. The topological polar surface area (TPSA) is 49.6 Å². The molecule has 1 aromatic heterocycles. The molecule has 0 aliphatic rings. The molecule has 0 saturated carbocycles. The van der Waals surface area contributed by atoms with Gasteiger partial charge in [-0.1, -0.05) is 36.4 Å². The standard InChI is InChI=1S/C16H15N3/c1-2-3-5-10-15-14(11-17)12-18-16(19-15)13-8-6-4-7-9-13/h2,4,6-9,12H,1,3,5,10H2. The molecule has 0 N–H and O–H groups in total. The molecule has 0 radical (unpaired) electrons. The molecule has 19 heavy (non-hydrogen) atoms. The average molecular weight is 249 g/mol. The summed E-state index contributed by atoms with van der Waals surface area (Å²) in [4.78, 5) is 8.77. The number of nitriles is 1. The molecule has 1 aromatic carbocycles. The van der Waals surface area contributed by atoms with Crippen molar-refractivity contribution in [1.82, 2.24) is 9.97 Å². The predicted octanol–water partition coefficient (Wildman–Crippen LogP) is 3.52. The predicted molar refractivity (Wildman–Crippen MR) is 75.3 cm³/mol. The van der Waals surface area contributed by atoms with Crippen molar-refractivity contribution in [2.75, 3.05) is 0 Å². The maximum absolute atomic E-state index is 9.09. The molecule has 94 valence electrons. The van der Waals surface area contributed by atoms with E-state index in [0.717, 1.165) is 30.5 Å². The third-order valence-electron chi connectivity index (χ3n) is 2.84. The van der Waals surface area contributed by atoms with E-state index in [4.69, 9.17) is 5.26 Å². The van der Waals surface area contributed by atoms with Crippen LogP contribution in [-0.2, 0) is 6.42 Å². The summed E-state index contributed by atoms with van der Waals surface area (Å²) in [5, 5.41) is 9.09. The Morgan fingerprint density at radius 3 is 2.74 bits per heavy atom. The van der Waals surface area contributed by atoms with Gasteiger partial charge >= 0.3 is 0 Å². The molecule has 0 unspecified atom stereocenters. The normalized spacial score (nSPS) is 9.84. The Hall–Kier alpha value is -2.47. The van der Waals surface area contributed by atoms with Gasteiger partial charge in [0, 0.05) is 11.8 Å². The Bertz CT molecular complexity index is 597. The number of benzene rings is 1. The van der Waals surface area contributed by atoms with Crippen LogP contribution >= 0.6 is 0 Å². The zero-order valence-electron chi connectivity index (χ0n) is 10.7. The third kappa shape index (κ3) is 3.26. The number of unbranched alkanes of at least 4 members (excludes halogenated alkanes) is 1. The fourth-order valence-electron chi connectivity index (χ4n) is 1.84. The summed E-state index contributed by atoms with van der Waals surface area (Å²) in [6, 6.07) is 11.9. The van der Waals surface area contributed by atoms with E-state index >= 15 is 0 Å². The Morgan fingerprint density at radius 2 is 2.05 bits per heavy atom. The summed E-state index contributed by atoms with van der Waals surface area (Å²) in [6.07, 6.45) is 6.14. The van der Waals surface area contributed by atoms with E-state index in [0.29, 0.717) is 11.4 Å². The highest BCUT2D eigenvalue weighted by atomic mass is 14.9. The SMILES string of the molecule is C=CCCCc1nc(-c2ccccc2)ncc1C#N. The Labute approximate surface area is 113 Å². The van der Waals surface area contributed by atoms with Crippen LogP contribution in [0.2, 0.25) is 0 Å².